The number of para-hydroxylation sites is 1. The molecule has 1 atom stereocenters. The predicted molar refractivity (Wildman–Crippen MR) is 68.8 cm³/mol. The molecule has 1 aromatic carbocycles. The fourth-order valence-corrected chi connectivity index (χ4v) is 1.99. The maximum Gasteiger partial charge on any atom is 0.310 e. The van der Waals surface area contributed by atoms with Crippen LogP contribution in [0.4, 0.5) is 0 Å². The lowest BCUT2D eigenvalue weighted by atomic mass is 9.94. The molecule has 0 saturated heterocycles. The maximum atomic E-state index is 11.0. The highest BCUT2D eigenvalue weighted by Gasteiger charge is 2.28. The fraction of sp³-hybridized carbons (Fsp3) is 0.500. The van der Waals surface area contributed by atoms with Gasteiger partial charge in [-0.2, -0.15) is 0 Å². The Hall–Kier alpha value is -1.55. The van der Waals surface area contributed by atoms with E-state index in [0.717, 1.165) is 12.2 Å². The second-order valence-electron chi connectivity index (χ2n) is 5.37. The number of carboxylic acid groups (broad SMARTS) is 1. The van der Waals surface area contributed by atoms with E-state index < -0.39 is 11.4 Å². The van der Waals surface area contributed by atoms with Crippen LogP contribution < -0.4 is 10.1 Å². The summed E-state index contributed by atoms with van der Waals surface area (Å²) in [5, 5.41) is 12.2. The molecule has 4 nitrogen and oxygen atoms in total. The molecule has 0 bridgehead atoms. The first-order chi connectivity index (χ1) is 8.49. The Bertz CT molecular complexity index is 417. The van der Waals surface area contributed by atoms with Crippen molar-refractivity contribution in [2.45, 2.75) is 26.4 Å². The first-order valence-electron chi connectivity index (χ1n) is 6.18. The molecule has 2 N–H and O–H groups in total. The average molecular weight is 249 g/mol. The van der Waals surface area contributed by atoms with Crippen LogP contribution in [-0.2, 0) is 11.2 Å². The van der Waals surface area contributed by atoms with Crippen molar-refractivity contribution in [3.8, 4) is 5.75 Å². The predicted octanol–water partition coefficient (Wildman–Crippen LogP) is 1.69. The van der Waals surface area contributed by atoms with Crippen molar-refractivity contribution < 1.29 is 14.6 Å². The first-order valence-corrected chi connectivity index (χ1v) is 6.18. The van der Waals surface area contributed by atoms with Gasteiger partial charge in [-0.3, -0.25) is 4.79 Å². The number of hydrogen-bond acceptors (Lipinski definition) is 3. The Morgan fingerprint density at radius 3 is 2.89 bits per heavy atom. The van der Waals surface area contributed by atoms with Crippen LogP contribution in [0.15, 0.2) is 24.3 Å². The minimum absolute atomic E-state index is 0.104. The standard InChI is InChI=1S/C14H19NO3/c1-14(2,13(16)17)9-15-8-11-7-10-5-3-4-6-12(10)18-11/h3-6,11,15H,7-9H2,1-2H3,(H,16,17). The largest absolute Gasteiger partial charge is 0.488 e. The van der Waals surface area contributed by atoms with Gasteiger partial charge in [0.05, 0.1) is 5.41 Å². The zero-order chi connectivity index (χ0) is 13.2. The fourth-order valence-electron chi connectivity index (χ4n) is 1.99. The van der Waals surface area contributed by atoms with Gasteiger partial charge in [0.2, 0.25) is 0 Å². The molecular formula is C14H19NO3. The van der Waals surface area contributed by atoms with Crippen LogP contribution in [0.5, 0.6) is 5.75 Å². The number of carboxylic acids is 1. The van der Waals surface area contributed by atoms with Crippen LogP contribution in [0, 0.1) is 5.41 Å². The summed E-state index contributed by atoms with van der Waals surface area (Å²) in [7, 11) is 0. The van der Waals surface area contributed by atoms with Crippen molar-refractivity contribution in [2.75, 3.05) is 13.1 Å². The zero-order valence-corrected chi connectivity index (χ0v) is 10.8. The van der Waals surface area contributed by atoms with E-state index >= 15 is 0 Å². The maximum absolute atomic E-state index is 11.0. The number of rotatable bonds is 5. The lowest BCUT2D eigenvalue weighted by Crippen LogP contribution is -2.40. The Balaban J connectivity index is 1.79. The highest BCUT2D eigenvalue weighted by Crippen LogP contribution is 2.27. The van der Waals surface area contributed by atoms with Crippen molar-refractivity contribution >= 4 is 5.97 Å². The van der Waals surface area contributed by atoms with E-state index in [1.807, 2.05) is 18.2 Å². The summed E-state index contributed by atoms with van der Waals surface area (Å²) >= 11 is 0. The van der Waals surface area contributed by atoms with Crippen LogP contribution >= 0.6 is 0 Å². The Morgan fingerprint density at radius 1 is 1.50 bits per heavy atom. The van der Waals surface area contributed by atoms with Crippen LogP contribution in [-0.4, -0.2) is 30.3 Å². The first kappa shape index (κ1) is 12.9. The topological polar surface area (TPSA) is 58.6 Å². The Kier molecular flexibility index (Phi) is 3.57. The van der Waals surface area contributed by atoms with E-state index in [4.69, 9.17) is 9.84 Å². The molecule has 2 rings (SSSR count). The summed E-state index contributed by atoms with van der Waals surface area (Å²) in [6.45, 7) is 4.54. The monoisotopic (exact) mass is 249 g/mol. The average Bonchev–Trinajstić information content (AvgIpc) is 2.70. The molecule has 0 radical (unpaired) electrons. The molecule has 0 fully saturated rings. The summed E-state index contributed by atoms with van der Waals surface area (Å²) in [5.41, 5.74) is 0.479. The number of fused-ring (bicyclic) bond motifs is 1. The van der Waals surface area contributed by atoms with Crippen molar-refractivity contribution in [3.05, 3.63) is 29.8 Å². The minimum Gasteiger partial charge on any atom is -0.488 e. The van der Waals surface area contributed by atoms with Crippen LogP contribution in [0.25, 0.3) is 0 Å². The van der Waals surface area contributed by atoms with E-state index in [1.54, 1.807) is 13.8 Å². The zero-order valence-electron chi connectivity index (χ0n) is 10.8. The van der Waals surface area contributed by atoms with Crippen molar-refractivity contribution in [3.63, 3.8) is 0 Å². The molecule has 18 heavy (non-hydrogen) atoms. The molecule has 1 aliphatic heterocycles. The van der Waals surface area contributed by atoms with Crippen LogP contribution in [0.1, 0.15) is 19.4 Å². The van der Waals surface area contributed by atoms with Crippen molar-refractivity contribution in [1.29, 1.82) is 0 Å². The van der Waals surface area contributed by atoms with Gasteiger partial charge in [0.15, 0.2) is 0 Å². The van der Waals surface area contributed by atoms with Gasteiger partial charge in [-0.25, -0.2) is 0 Å². The number of ether oxygens (including phenoxy) is 1. The van der Waals surface area contributed by atoms with E-state index in [1.165, 1.54) is 5.56 Å². The molecule has 0 aliphatic carbocycles. The lowest BCUT2D eigenvalue weighted by molar-refractivity contribution is -0.146. The molecule has 0 spiro atoms. The Labute approximate surface area is 107 Å². The molecule has 1 unspecified atom stereocenters. The number of hydrogen-bond donors (Lipinski definition) is 2. The third-order valence-electron chi connectivity index (χ3n) is 3.23. The smallest absolute Gasteiger partial charge is 0.310 e. The highest BCUT2D eigenvalue weighted by atomic mass is 16.5. The van der Waals surface area contributed by atoms with E-state index in [2.05, 4.69) is 11.4 Å². The third-order valence-corrected chi connectivity index (χ3v) is 3.23. The number of nitrogens with one attached hydrogen (secondary N) is 1. The van der Waals surface area contributed by atoms with Gasteiger partial charge >= 0.3 is 5.97 Å². The van der Waals surface area contributed by atoms with E-state index in [9.17, 15) is 4.79 Å². The molecule has 1 aliphatic rings. The number of aliphatic carboxylic acids is 1. The molecule has 0 saturated carbocycles. The minimum atomic E-state index is -0.786. The molecular weight excluding hydrogens is 230 g/mol. The van der Waals surface area contributed by atoms with Gasteiger partial charge in [0.1, 0.15) is 11.9 Å². The lowest BCUT2D eigenvalue weighted by Gasteiger charge is -2.21. The van der Waals surface area contributed by atoms with E-state index in [0.29, 0.717) is 13.1 Å². The van der Waals surface area contributed by atoms with E-state index in [-0.39, 0.29) is 6.10 Å². The molecule has 1 aromatic rings. The summed E-state index contributed by atoms with van der Waals surface area (Å²) < 4.78 is 5.77. The molecule has 98 valence electrons. The SMILES string of the molecule is CC(C)(CNCC1Cc2ccccc2O1)C(=O)O. The molecule has 4 heteroatoms. The Morgan fingerprint density at radius 2 is 2.22 bits per heavy atom. The molecule has 1 heterocycles. The van der Waals surface area contributed by atoms with Gasteiger partial charge in [0, 0.05) is 19.5 Å². The van der Waals surface area contributed by atoms with Gasteiger partial charge in [-0.1, -0.05) is 18.2 Å². The second kappa shape index (κ2) is 4.98. The van der Waals surface area contributed by atoms with Crippen molar-refractivity contribution in [1.82, 2.24) is 5.32 Å². The summed E-state index contributed by atoms with van der Waals surface area (Å²) in [6.07, 6.45) is 0.989. The van der Waals surface area contributed by atoms with Gasteiger partial charge in [-0.15, -0.1) is 0 Å². The summed E-state index contributed by atoms with van der Waals surface area (Å²) in [5.74, 6) is 0.160. The number of carbonyl (C=O) groups is 1. The quantitative estimate of drug-likeness (QED) is 0.833. The summed E-state index contributed by atoms with van der Waals surface area (Å²) in [4.78, 5) is 11.0. The molecule has 0 aromatic heterocycles. The van der Waals surface area contributed by atoms with Gasteiger partial charge in [-0.05, 0) is 25.5 Å². The van der Waals surface area contributed by atoms with Gasteiger partial charge in [0.25, 0.3) is 0 Å². The molecule has 0 amide bonds. The highest BCUT2D eigenvalue weighted by molar-refractivity contribution is 5.73. The summed E-state index contributed by atoms with van der Waals surface area (Å²) in [6, 6.07) is 8.00. The van der Waals surface area contributed by atoms with Crippen LogP contribution in [0.2, 0.25) is 0 Å². The number of benzene rings is 1. The third kappa shape index (κ3) is 2.82. The normalized spacial score (nSPS) is 18.2. The van der Waals surface area contributed by atoms with Crippen molar-refractivity contribution in [2.24, 2.45) is 5.41 Å². The second-order valence-corrected chi connectivity index (χ2v) is 5.37. The van der Waals surface area contributed by atoms with Crippen LogP contribution in [0.3, 0.4) is 0 Å². The van der Waals surface area contributed by atoms with Gasteiger partial charge < -0.3 is 15.2 Å².